The minimum absolute atomic E-state index is 0.0308. The fourth-order valence-electron chi connectivity index (χ4n) is 3.72. The van der Waals surface area contributed by atoms with E-state index in [1.54, 1.807) is 26.4 Å². The van der Waals surface area contributed by atoms with Gasteiger partial charge >= 0.3 is 0 Å². The highest BCUT2D eigenvalue weighted by Gasteiger charge is 2.32. The first-order valence-electron chi connectivity index (χ1n) is 9.64. The summed E-state index contributed by atoms with van der Waals surface area (Å²) in [5.41, 5.74) is 1.55. The lowest BCUT2D eigenvalue weighted by Crippen LogP contribution is -2.34. The van der Waals surface area contributed by atoms with Crippen LogP contribution in [0.5, 0.6) is 11.5 Å². The van der Waals surface area contributed by atoms with E-state index in [-0.39, 0.29) is 24.3 Å². The average Bonchev–Trinajstić information content (AvgIpc) is 3.43. The summed E-state index contributed by atoms with van der Waals surface area (Å²) >= 11 is 0. The van der Waals surface area contributed by atoms with Crippen LogP contribution in [0.4, 0.5) is 4.39 Å². The van der Waals surface area contributed by atoms with Crippen LogP contribution in [-0.4, -0.2) is 51.8 Å². The average molecular weight is 411 g/mol. The van der Waals surface area contributed by atoms with Gasteiger partial charge in [-0.2, -0.15) is 4.80 Å². The molecule has 0 saturated carbocycles. The van der Waals surface area contributed by atoms with E-state index in [0.29, 0.717) is 23.7 Å². The SMILES string of the molecule is COc1ccc(OC)c([C@@H]2CCCN2C(=O)Cn2nnc(-c3ccc(F)cc3)n2)c1. The van der Waals surface area contributed by atoms with Crippen molar-refractivity contribution in [3.8, 4) is 22.9 Å². The molecular weight excluding hydrogens is 389 g/mol. The van der Waals surface area contributed by atoms with Crippen molar-refractivity contribution in [2.75, 3.05) is 20.8 Å². The van der Waals surface area contributed by atoms with Crippen molar-refractivity contribution in [3.63, 3.8) is 0 Å². The molecule has 3 aromatic rings. The zero-order valence-electron chi connectivity index (χ0n) is 16.8. The minimum atomic E-state index is -0.339. The molecule has 2 aromatic carbocycles. The molecule has 1 aliphatic rings. The molecule has 8 nitrogen and oxygen atoms in total. The number of carbonyl (C=O) groups is 1. The Kier molecular flexibility index (Phi) is 5.60. The Hall–Kier alpha value is -3.49. The normalized spacial score (nSPS) is 16.0. The van der Waals surface area contributed by atoms with Crippen molar-refractivity contribution < 1.29 is 18.7 Å². The van der Waals surface area contributed by atoms with E-state index in [4.69, 9.17) is 9.47 Å². The van der Waals surface area contributed by atoms with Crippen molar-refractivity contribution in [2.45, 2.75) is 25.4 Å². The van der Waals surface area contributed by atoms with E-state index >= 15 is 0 Å². The number of hydrogen-bond acceptors (Lipinski definition) is 6. The number of rotatable bonds is 6. The molecular formula is C21H22FN5O3. The van der Waals surface area contributed by atoms with Gasteiger partial charge in [0.1, 0.15) is 23.9 Å². The first kappa shape index (κ1) is 19.8. The highest BCUT2D eigenvalue weighted by molar-refractivity contribution is 5.77. The molecule has 1 aliphatic heterocycles. The van der Waals surface area contributed by atoms with E-state index in [2.05, 4.69) is 15.4 Å². The number of methoxy groups -OCH3 is 2. The van der Waals surface area contributed by atoms with Crippen LogP contribution in [0.15, 0.2) is 42.5 Å². The third-order valence-electron chi connectivity index (χ3n) is 5.20. The summed E-state index contributed by atoms with van der Waals surface area (Å²) in [5.74, 6) is 1.33. The molecule has 1 aromatic heterocycles. The third-order valence-corrected chi connectivity index (χ3v) is 5.20. The van der Waals surface area contributed by atoms with E-state index in [0.717, 1.165) is 24.2 Å². The Labute approximate surface area is 173 Å². The Bertz CT molecular complexity index is 1040. The van der Waals surface area contributed by atoms with Crippen LogP contribution >= 0.6 is 0 Å². The van der Waals surface area contributed by atoms with Crippen molar-refractivity contribution in [3.05, 3.63) is 53.8 Å². The maximum absolute atomic E-state index is 13.1. The Morgan fingerprint density at radius 2 is 1.97 bits per heavy atom. The first-order chi connectivity index (χ1) is 14.6. The summed E-state index contributed by atoms with van der Waals surface area (Å²) in [6.07, 6.45) is 1.73. The highest BCUT2D eigenvalue weighted by atomic mass is 19.1. The molecule has 1 amide bonds. The monoisotopic (exact) mass is 411 g/mol. The number of nitrogens with zero attached hydrogens (tertiary/aromatic N) is 5. The smallest absolute Gasteiger partial charge is 0.246 e. The molecule has 1 atom stereocenters. The van der Waals surface area contributed by atoms with Crippen molar-refractivity contribution in [1.29, 1.82) is 0 Å². The summed E-state index contributed by atoms with van der Waals surface area (Å²) in [6, 6.07) is 11.3. The van der Waals surface area contributed by atoms with Gasteiger partial charge in [0, 0.05) is 17.7 Å². The van der Waals surface area contributed by atoms with E-state index < -0.39 is 0 Å². The molecule has 30 heavy (non-hydrogen) atoms. The van der Waals surface area contributed by atoms with Crippen LogP contribution < -0.4 is 9.47 Å². The zero-order chi connectivity index (χ0) is 21.1. The second kappa shape index (κ2) is 8.48. The third kappa shape index (κ3) is 3.96. The lowest BCUT2D eigenvalue weighted by molar-refractivity contribution is -0.133. The van der Waals surface area contributed by atoms with Crippen LogP contribution in [0, 0.1) is 5.82 Å². The number of ether oxygens (including phenoxy) is 2. The summed E-state index contributed by atoms with van der Waals surface area (Å²) in [6.45, 7) is 0.611. The maximum Gasteiger partial charge on any atom is 0.246 e. The van der Waals surface area contributed by atoms with Gasteiger partial charge in [-0.05, 0) is 60.5 Å². The van der Waals surface area contributed by atoms with Gasteiger partial charge in [0.2, 0.25) is 11.7 Å². The van der Waals surface area contributed by atoms with E-state index in [1.165, 1.54) is 16.9 Å². The van der Waals surface area contributed by atoms with Crippen LogP contribution in [0.25, 0.3) is 11.4 Å². The number of halogens is 1. The molecule has 156 valence electrons. The number of hydrogen-bond donors (Lipinski definition) is 0. The summed E-state index contributed by atoms with van der Waals surface area (Å²) in [5, 5.41) is 12.2. The first-order valence-corrected chi connectivity index (χ1v) is 9.64. The van der Waals surface area contributed by atoms with Crippen molar-refractivity contribution in [2.24, 2.45) is 0 Å². The summed E-state index contributed by atoms with van der Waals surface area (Å²) < 4.78 is 23.9. The van der Waals surface area contributed by atoms with Crippen LogP contribution in [0.1, 0.15) is 24.4 Å². The molecule has 0 radical (unpaired) electrons. The summed E-state index contributed by atoms with van der Waals surface area (Å²) in [7, 11) is 3.22. The van der Waals surface area contributed by atoms with Gasteiger partial charge < -0.3 is 14.4 Å². The highest BCUT2D eigenvalue weighted by Crippen LogP contribution is 2.39. The fraction of sp³-hybridized carbons (Fsp3) is 0.333. The fourth-order valence-corrected chi connectivity index (χ4v) is 3.72. The minimum Gasteiger partial charge on any atom is -0.497 e. The molecule has 0 unspecified atom stereocenters. The molecule has 0 aliphatic carbocycles. The van der Waals surface area contributed by atoms with Crippen LogP contribution in [-0.2, 0) is 11.3 Å². The lowest BCUT2D eigenvalue weighted by Gasteiger charge is -2.26. The Morgan fingerprint density at radius 1 is 1.17 bits per heavy atom. The summed E-state index contributed by atoms with van der Waals surface area (Å²) in [4.78, 5) is 16.1. The van der Waals surface area contributed by atoms with Gasteiger partial charge in [0.15, 0.2) is 0 Å². The second-order valence-electron chi connectivity index (χ2n) is 7.00. The number of benzene rings is 2. The van der Waals surface area contributed by atoms with Gasteiger partial charge in [-0.1, -0.05) is 0 Å². The number of tetrazole rings is 1. The largest absolute Gasteiger partial charge is 0.497 e. The molecule has 1 fully saturated rings. The molecule has 9 heteroatoms. The van der Waals surface area contributed by atoms with Crippen LogP contribution in [0.2, 0.25) is 0 Å². The lowest BCUT2D eigenvalue weighted by atomic mass is 10.0. The molecule has 0 bridgehead atoms. The topological polar surface area (TPSA) is 82.4 Å². The predicted molar refractivity (Wildman–Crippen MR) is 106 cm³/mol. The van der Waals surface area contributed by atoms with Gasteiger partial charge in [-0.25, -0.2) is 4.39 Å². The number of amides is 1. The van der Waals surface area contributed by atoms with E-state index in [1.807, 2.05) is 23.1 Å². The number of likely N-dealkylation sites (tertiary alicyclic amines) is 1. The van der Waals surface area contributed by atoms with E-state index in [9.17, 15) is 9.18 Å². The predicted octanol–water partition coefficient (Wildman–Crippen LogP) is 2.86. The van der Waals surface area contributed by atoms with Crippen molar-refractivity contribution >= 4 is 5.91 Å². The van der Waals surface area contributed by atoms with Gasteiger partial charge in [0.05, 0.1) is 20.3 Å². The van der Waals surface area contributed by atoms with Gasteiger partial charge in [-0.3, -0.25) is 4.79 Å². The Balaban J connectivity index is 1.52. The molecule has 0 N–H and O–H groups in total. The standard InChI is InChI=1S/C21H22FN5O3/c1-29-16-9-10-19(30-2)17(12-16)18-4-3-11-26(18)20(28)13-27-24-21(23-25-27)14-5-7-15(22)8-6-14/h5-10,12,18H,3-4,11,13H2,1-2H3/t18-/m0/s1. The Morgan fingerprint density at radius 3 is 2.70 bits per heavy atom. The molecule has 4 rings (SSSR count). The molecule has 0 spiro atoms. The molecule has 2 heterocycles. The molecule has 1 saturated heterocycles. The zero-order valence-corrected chi connectivity index (χ0v) is 16.8. The van der Waals surface area contributed by atoms with Crippen LogP contribution in [0.3, 0.4) is 0 Å². The number of aromatic nitrogens is 4. The quantitative estimate of drug-likeness (QED) is 0.620. The second-order valence-corrected chi connectivity index (χ2v) is 7.00. The van der Waals surface area contributed by atoms with Gasteiger partial charge in [-0.15, -0.1) is 10.2 Å². The van der Waals surface area contributed by atoms with Gasteiger partial charge in [0.25, 0.3) is 0 Å². The van der Waals surface area contributed by atoms with Crippen molar-refractivity contribution in [1.82, 2.24) is 25.1 Å². The number of carbonyl (C=O) groups excluding carboxylic acids is 1. The maximum atomic E-state index is 13.1.